The zero-order chi connectivity index (χ0) is 11.1. The average Bonchev–Trinajstić information content (AvgIpc) is 1.80. The molecule has 9 nitrogen and oxygen atoms in total. The van der Waals surface area contributed by atoms with Gasteiger partial charge in [-0.3, -0.25) is 9.97 Å². The van der Waals surface area contributed by atoms with Gasteiger partial charge < -0.3 is 32.7 Å². The predicted molar refractivity (Wildman–Crippen MR) is 48.8 cm³/mol. The third-order valence-corrected chi connectivity index (χ3v) is 0.947. The van der Waals surface area contributed by atoms with Gasteiger partial charge in [-0.1, -0.05) is 0 Å². The molecule has 0 aromatic rings. The number of hydrogen-bond donors (Lipinski definition) is 7. The van der Waals surface area contributed by atoms with Gasteiger partial charge >= 0.3 is 7.60 Å². The Hall–Kier alpha value is -1.31. The van der Waals surface area contributed by atoms with Crippen LogP contribution in [0.4, 0.5) is 0 Å². The smallest absolute Gasteiger partial charge is 0.346 e. The first-order valence-electron chi connectivity index (χ1n) is 2.84. The van der Waals surface area contributed by atoms with E-state index in [0.29, 0.717) is 0 Å². The highest BCUT2D eigenvalue weighted by Crippen LogP contribution is 2.33. The normalized spacial score (nSPS) is 9.38. The molecular formula is C3H13N6O3P. The number of nitrogens with two attached hydrogens (primary N) is 4. The highest BCUT2D eigenvalue weighted by molar-refractivity contribution is 7.51. The van der Waals surface area contributed by atoms with Gasteiger partial charge in [0.25, 0.3) is 0 Å². The fraction of sp³-hybridized carbons (Fsp3) is 0.333. The number of nitrogens with zero attached hydrogens (tertiary/aromatic N) is 1. The highest BCUT2D eigenvalue weighted by atomic mass is 31.2. The van der Waals surface area contributed by atoms with Crippen molar-refractivity contribution in [2.75, 3.05) is 6.29 Å². The first kappa shape index (κ1) is 14.2. The summed E-state index contributed by atoms with van der Waals surface area (Å²) in [6.45, 7) is 0. The molecule has 0 bridgehead atoms. The van der Waals surface area contributed by atoms with Crippen molar-refractivity contribution in [1.29, 1.82) is 5.41 Å². The van der Waals surface area contributed by atoms with Gasteiger partial charge in [0.1, 0.15) is 6.29 Å². The fourth-order valence-corrected chi connectivity index (χ4v) is 0.521. The molecule has 13 heavy (non-hydrogen) atoms. The lowest BCUT2D eigenvalue weighted by Crippen LogP contribution is -2.22. The summed E-state index contributed by atoms with van der Waals surface area (Å²) in [5, 5.41) is 6.06. The lowest BCUT2D eigenvalue weighted by molar-refractivity contribution is 0.374. The van der Waals surface area contributed by atoms with Gasteiger partial charge in [-0.15, -0.1) is 0 Å². The van der Waals surface area contributed by atoms with Crippen LogP contribution in [0.2, 0.25) is 0 Å². The highest BCUT2D eigenvalue weighted by Gasteiger charge is 2.10. The summed E-state index contributed by atoms with van der Waals surface area (Å²) in [6.07, 6.45) is -0.644. The van der Waals surface area contributed by atoms with Gasteiger partial charge in [0, 0.05) is 0 Å². The SMILES string of the molecule is N=C(N)N.NC(N)=NCP(=O)(O)O. The van der Waals surface area contributed by atoms with Crippen molar-refractivity contribution in [1.82, 2.24) is 0 Å². The van der Waals surface area contributed by atoms with Gasteiger partial charge in [-0.05, 0) is 0 Å². The third kappa shape index (κ3) is 36.7. The van der Waals surface area contributed by atoms with Gasteiger partial charge in [-0.2, -0.15) is 0 Å². The molecule has 0 saturated heterocycles. The predicted octanol–water partition coefficient (Wildman–Crippen LogP) is -2.77. The maximum absolute atomic E-state index is 10.0. The van der Waals surface area contributed by atoms with E-state index in [2.05, 4.69) is 16.5 Å². The summed E-state index contributed by atoms with van der Waals surface area (Å²) >= 11 is 0. The summed E-state index contributed by atoms with van der Waals surface area (Å²) < 4.78 is 10.0. The molecule has 0 amide bonds. The van der Waals surface area contributed by atoms with Crippen molar-refractivity contribution in [3.05, 3.63) is 0 Å². The van der Waals surface area contributed by atoms with E-state index in [4.69, 9.17) is 26.7 Å². The largest absolute Gasteiger partial charge is 0.370 e. The minimum Gasteiger partial charge on any atom is -0.370 e. The molecule has 0 heterocycles. The van der Waals surface area contributed by atoms with E-state index >= 15 is 0 Å². The molecule has 0 aliphatic heterocycles. The molecule has 0 fully saturated rings. The van der Waals surface area contributed by atoms with Crippen LogP contribution in [0.3, 0.4) is 0 Å². The summed E-state index contributed by atoms with van der Waals surface area (Å²) in [7, 11) is -4.07. The maximum Gasteiger partial charge on any atom is 0.346 e. The van der Waals surface area contributed by atoms with E-state index in [9.17, 15) is 4.57 Å². The number of hydrogen-bond acceptors (Lipinski definition) is 3. The van der Waals surface area contributed by atoms with Crippen LogP contribution in [0.5, 0.6) is 0 Å². The van der Waals surface area contributed by atoms with E-state index in [1.807, 2.05) is 0 Å². The van der Waals surface area contributed by atoms with Gasteiger partial charge in [0.15, 0.2) is 11.9 Å². The molecule has 0 aliphatic rings. The standard InChI is InChI=1S/C2H8N3O3P.CH5N3/c3-2(4)5-1-9(6,7)8;2-1(3)4/h1H2,(H4,3,4,5)(H2,6,7,8);(H5,2,3,4). The Morgan fingerprint density at radius 1 is 1.31 bits per heavy atom. The Morgan fingerprint density at radius 2 is 1.62 bits per heavy atom. The molecule has 0 spiro atoms. The number of guanidine groups is 2. The third-order valence-electron chi connectivity index (χ3n) is 0.438. The van der Waals surface area contributed by atoms with Crippen LogP contribution in [0.15, 0.2) is 4.99 Å². The number of rotatable bonds is 2. The average molecular weight is 212 g/mol. The molecule has 0 aromatic carbocycles. The Kier molecular flexibility index (Phi) is 6.82. The maximum atomic E-state index is 10.0. The summed E-state index contributed by atoms with van der Waals surface area (Å²) in [5.41, 5.74) is 18.5. The first-order chi connectivity index (χ1) is 5.65. The minimum atomic E-state index is -4.07. The zero-order valence-corrected chi connectivity index (χ0v) is 7.61. The first-order valence-corrected chi connectivity index (χ1v) is 4.64. The van der Waals surface area contributed by atoms with Crippen LogP contribution >= 0.6 is 7.60 Å². The van der Waals surface area contributed by atoms with Crippen LogP contribution in [0, 0.1) is 5.41 Å². The minimum absolute atomic E-state index is 0.321. The summed E-state index contributed by atoms with van der Waals surface area (Å²) in [4.78, 5) is 19.4. The molecule has 0 radical (unpaired) electrons. The van der Waals surface area contributed by atoms with E-state index < -0.39 is 13.9 Å². The van der Waals surface area contributed by atoms with E-state index in [1.165, 1.54) is 0 Å². The van der Waals surface area contributed by atoms with Crippen LogP contribution in [-0.4, -0.2) is 28.0 Å². The van der Waals surface area contributed by atoms with Gasteiger partial charge in [-0.25, -0.2) is 4.99 Å². The second kappa shape index (κ2) is 6.23. The molecule has 10 heteroatoms. The Balaban J connectivity index is 0. The molecule has 0 aromatic heterocycles. The van der Waals surface area contributed by atoms with Crippen molar-refractivity contribution in [2.24, 2.45) is 27.9 Å². The van der Waals surface area contributed by atoms with Crippen LogP contribution in [0.25, 0.3) is 0 Å². The summed E-state index contributed by atoms with van der Waals surface area (Å²) in [5.74, 6) is -0.654. The van der Waals surface area contributed by atoms with E-state index in [0.717, 1.165) is 0 Å². The molecule has 0 atom stereocenters. The van der Waals surface area contributed by atoms with Gasteiger partial charge in [0.2, 0.25) is 0 Å². The molecule has 78 valence electrons. The van der Waals surface area contributed by atoms with E-state index in [-0.39, 0.29) is 11.9 Å². The lowest BCUT2D eigenvalue weighted by atomic mass is 11.1. The van der Waals surface area contributed by atoms with Crippen molar-refractivity contribution in [2.45, 2.75) is 0 Å². The van der Waals surface area contributed by atoms with Crippen LogP contribution in [0.1, 0.15) is 0 Å². The quantitative estimate of drug-likeness (QED) is 0.146. The monoisotopic (exact) mass is 212 g/mol. The van der Waals surface area contributed by atoms with Crippen molar-refractivity contribution in [3.8, 4) is 0 Å². The Labute approximate surface area is 74.5 Å². The Morgan fingerprint density at radius 3 is 1.69 bits per heavy atom. The van der Waals surface area contributed by atoms with Crippen molar-refractivity contribution >= 4 is 19.5 Å². The Bertz CT molecular complexity index is 225. The molecular weight excluding hydrogens is 199 g/mol. The van der Waals surface area contributed by atoms with Crippen molar-refractivity contribution in [3.63, 3.8) is 0 Å². The molecule has 0 unspecified atom stereocenters. The van der Waals surface area contributed by atoms with Crippen LogP contribution < -0.4 is 22.9 Å². The zero-order valence-electron chi connectivity index (χ0n) is 6.71. The van der Waals surface area contributed by atoms with Crippen LogP contribution in [-0.2, 0) is 4.57 Å². The fourth-order valence-electron chi connectivity index (χ4n) is 0.174. The number of aliphatic imine (C=N–C) groups is 1. The van der Waals surface area contributed by atoms with Gasteiger partial charge in [0.05, 0.1) is 0 Å². The topological polar surface area (TPSA) is 198 Å². The molecule has 0 saturated carbocycles. The molecule has 11 N–H and O–H groups in total. The van der Waals surface area contributed by atoms with E-state index in [1.54, 1.807) is 0 Å². The summed E-state index contributed by atoms with van der Waals surface area (Å²) in [6, 6.07) is 0. The second-order valence-electron chi connectivity index (χ2n) is 1.84. The number of nitrogens with one attached hydrogen (secondary N) is 1. The van der Waals surface area contributed by atoms with Crippen molar-refractivity contribution < 1.29 is 14.4 Å². The second-order valence-corrected chi connectivity index (χ2v) is 3.46. The molecule has 0 rings (SSSR count). The molecule has 0 aliphatic carbocycles. The lowest BCUT2D eigenvalue weighted by Gasteiger charge is -1.96.